The number of aryl methyl sites for hydroxylation is 1. The van der Waals surface area contributed by atoms with Crippen LogP contribution in [0.3, 0.4) is 0 Å². The highest BCUT2D eigenvalue weighted by Gasteiger charge is 2.06. The van der Waals surface area contributed by atoms with Gasteiger partial charge < -0.3 is 11.5 Å². The van der Waals surface area contributed by atoms with E-state index in [1.165, 1.54) is 5.56 Å². The molecule has 0 heterocycles. The summed E-state index contributed by atoms with van der Waals surface area (Å²) in [5.41, 5.74) is 14.7. The van der Waals surface area contributed by atoms with Crippen molar-refractivity contribution < 1.29 is 0 Å². The first-order chi connectivity index (χ1) is 5.65. The van der Waals surface area contributed by atoms with E-state index in [4.69, 9.17) is 11.5 Å². The number of anilines is 1. The number of benzene rings is 1. The van der Waals surface area contributed by atoms with E-state index in [2.05, 4.69) is 6.92 Å². The van der Waals surface area contributed by atoms with Gasteiger partial charge in [-0.15, -0.1) is 0 Å². The van der Waals surface area contributed by atoms with Crippen molar-refractivity contribution in [2.45, 2.75) is 26.3 Å². The van der Waals surface area contributed by atoms with Crippen molar-refractivity contribution in [3.63, 3.8) is 0 Å². The van der Waals surface area contributed by atoms with Gasteiger partial charge >= 0.3 is 0 Å². The molecule has 0 aliphatic heterocycles. The molecule has 0 bridgehead atoms. The van der Waals surface area contributed by atoms with Crippen LogP contribution in [0.4, 0.5) is 5.69 Å². The molecular formula is C10H16N2. The summed E-state index contributed by atoms with van der Waals surface area (Å²) in [7, 11) is 0. The van der Waals surface area contributed by atoms with Crippen molar-refractivity contribution in [3.05, 3.63) is 29.3 Å². The number of nitrogens with two attached hydrogens (primary N) is 2. The molecule has 0 aliphatic carbocycles. The Hall–Kier alpha value is -1.02. The van der Waals surface area contributed by atoms with Crippen LogP contribution in [-0.4, -0.2) is 0 Å². The summed E-state index contributed by atoms with van der Waals surface area (Å²) in [6.45, 7) is 4.08. The van der Waals surface area contributed by atoms with Crippen LogP contribution in [0.1, 0.15) is 30.5 Å². The Kier molecular flexibility index (Phi) is 2.71. The van der Waals surface area contributed by atoms with Crippen LogP contribution >= 0.6 is 0 Å². The summed E-state index contributed by atoms with van der Waals surface area (Å²) in [5.74, 6) is 0. The second-order valence-electron chi connectivity index (χ2n) is 3.15. The molecule has 4 N–H and O–H groups in total. The van der Waals surface area contributed by atoms with E-state index >= 15 is 0 Å². The molecule has 0 aromatic heterocycles. The predicted molar refractivity (Wildman–Crippen MR) is 52.8 cm³/mol. The van der Waals surface area contributed by atoms with Crippen molar-refractivity contribution in [1.29, 1.82) is 0 Å². The third-order valence-corrected chi connectivity index (χ3v) is 2.08. The van der Waals surface area contributed by atoms with Crippen molar-refractivity contribution in [2.24, 2.45) is 5.73 Å². The Bertz CT molecular complexity index is 269. The zero-order valence-electron chi connectivity index (χ0n) is 7.67. The molecule has 0 fully saturated rings. The molecule has 2 nitrogen and oxygen atoms in total. The fraction of sp³-hybridized carbons (Fsp3) is 0.400. The summed E-state index contributed by atoms with van der Waals surface area (Å²) in [6, 6.07) is 6.09. The molecule has 1 atom stereocenters. The fourth-order valence-corrected chi connectivity index (χ4v) is 1.25. The van der Waals surface area contributed by atoms with Gasteiger partial charge in [-0.25, -0.2) is 0 Å². The Balaban J connectivity index is 3.01. The number of hydrogen-bond donors (Lipinski definition) is 2. The Labute approximate surface area is 73.6 Å². The Morgan fingerprint density at radius 2 is 2.08 bits per heavy atom. The van der Waals surface area contributed by atoms with Gasteiger partial charge in [0.1, 0.15) is 0 Å². The quantitative estimate of drug-likeness (QED) is 0.657. The second kappa shape index (κ2) is 3.59. The Morgan fingerprint density at radius 1 is 1.42 bits per heavy atom. The number of nitrogen functional groups attached to an aromatic ring is 1. The molecule has 0 spiro atoms. The number of hydrogen-bond acceptors (Lipinski definition) is 2. The maximum atomic E-state index is 5.87. The van der Waals surface area contributed by atoms with E-state index in [1.807, 2.05) is 25.1 Å². The summed E-state index contributed by atoms with van der Waals surface area (Å²) in [6.07, 6.45) is 0.924. The first-order valence-electron chi connectivity index (χ1n) is 4.26. The summed E-state index contributed by atoms with van der Waals surface area (Å²) in [5, 5.41) is 0. The fourth-order valence-electron chi connectivity index (χ4n) is 1.25. The molecule has 0 amide bonds. The topological polar surface area (TPSA) is 52.0 Å². The highest BCUT2D eigenvalue weighted by Crippen LogP contribution is 2.21. The van der Waals surface area contributed by atoms with Crippen molar-refractivity contribution in [3.8, 4) is 0 Å². The maximum Gasteiger partial charge on any atom is 0.0365 e. The lowest BCUT2D eigenvalue weighted by atomic mass is 10.0. The van der Waals surface area contributed by atoms with Crippen molar-refractivity contribution in [1.82, 2.24) is 0 Å². The smallest absolute Gasteiger partial charge is 0.0365 e. The van der Waals surface area contributed by atoms with Gasteiger partial charge in [0.05, 0.1) is 0 Å². The molecule has 66 valence electrons. The normalized spacial score (nSPS) is 12.9. The van der Waals surface area contributed by atoms with Gasteiger partial charge in [-0.05, 0) is 30.5 Å². The van der Waals surface area contributed by atoms with Crippen LogP contribution in [0.25, 0.3) is 0 Å². The minimum Gasteiger partial charge on any atom is -0.398 e. The lowest BCUT2D eigenvalue weighted by Crippen LogP contribution is -2.11. The van der Waals surface area contributed by atoms with Gasteiger partial charge in [0.2, 0.25) is 0 Å². The molecule has 12 heavy (non-hydrogen) atoms. The zero-order chi connectivity index (χ0) is 9.14. The van der Waals surface area contributed by atoms with E-state index in [9.17, 15) is 0 Å². The second-order valence-corrected chi connectivity index (χ2v) is 3.15. The number of rotatable bonds is 2. The van der Waals surface area contributed by atoms with E-state index in [0.29, 0.717) is 0 Å². The molecule has 0 saturated heterocycles. The average Bonchev–Trinajstić information content (AvgIpc) is 2.03. The van der Waals surface area contributed by atoms with Crippen LogP contribution in [-0.2, 0) is 0 Å². The summed E-state index contributed by atoms with van der Waals surface area (Å²) < 4.78 is 0. The van der Waals surface area contributed by atoms with E-state index in [0.717, 1.165) is 17.7 Å². The average molecular weight is 164 g/mol. The molecule has 1 aromatic carbocycles. The van der Waals surface area contributed by atoms with Crippen LogP contribution in [0, 0.1) is 6.92 Å². The van der Waals surface area contributed by atoms with Crippen molar-refractivity contribution in [2.75, 3.05) is 5.73 Å². The molecular weight excluding hydrogens is 148 g/mol. The van der Waals surface area contributed by atoms with Crippen LogP contribution in [0.5, 0.6) is 0 Å². The summed E-state index contributed by atoms with van der Waals surface area (Å²) >= 11 is 0. The molecule has 2 heteroatoms. The highest BCUT2D eigenvalue weighted by atomic mass is 14.7. The van der Waals surface area contributed by atoms with Gasteiger partial charge in [-0.3, -0.25) is 0 Å². The van der Waals surface area contributed by atoms with Crippen LogP contribution < -0.4 is 11.5 Å². The van der Waals surface area contributed by atoms with Gasteiger partial charge in [-0.1, -0.05) is 19.1 Å². The van der Waals surface area contributed by atoms with Crippen LogP contribution in [0.15, 0.2) is 18.2 Å². The predicted octanol–water partition coefficient (Wildman–Crippen LogP) is 1.99. The monoisotopic (exact) mass is 164 g/mol. The molecule has 1 unspecified atom stereocenters. The zero-order valence-corrected chi connectivity index (χ0v) is 7.67. The SMILES string of the molecule is CCC(N)c1ccc(C)cc1N. The highest BCUT2D eigenvalue weighted by molar-refractivity contribution is 5.50. The van der Waals surface area contributed by atoms with Gasteiger partial charge in [0.25, 0.3) is 0 Å². The molecule has 0 saturated carbocycles. The largest absolute Gasteiger partial charge is 0.398 e. The van der Waals surface area contributed by atoms with E-state index < -0.39 is 0 Å². The van der Waals surface area contributed by atoms with Gasteiger partial charge in [0, 0.05) is 11.7 Å². The first-order valence-corrected chi connectivity index (χ1v) is 4.26. The molecule has 1 rings (SSSR count). The minimum atomic E-state index is 0.0746. The standard InChI is InChI=1S/C10H16N2/c1-3-9(11)8-5-4-7(2)6-10(8)12/h4-6,9H,3,11-12H2,1-2H3. The first kappa shape index (κ1) is 9.07. The molecule has 0 aliphatic rings. The van der Waals surface area contributed by atoms with E-state index in [1.54, 1.807) is 0 Å². The van der Waals surface area contributed by atoms with Crippen molar-refractivity contribution >= 4 is 5.69 Å². The van der Waals surface area contributed by atoms with Crippen LogP contribution in [0.2, 0.25) is 0 Å². The lowest BCUT2D eigenvalue weighted by Gasteiger charge is -2.12. The van der Waals surface area contributed by atoms with Gasteiger partial charge in [-0.2, -0.15) is 0 Å². The third-order valence-electron chi connectivity index (χ3n) is 2.08. The van der Waals surface area contributed by atoms with Gasteiger partial charge in [0.15, 0.2) is 0 Å². The maximum absolute atomic E-state index is 5.87. The Morgan fingerprint density at radius 3 is 2.58 bits per heavy atom. The molecule has 1 aromatic rings. The lowest BCUT2D eigenvalue weighted by molar-refractivity contribution is 0.701. The van der Waals surface area contributed by atoms with E-state index in [-0.39, 0.29) is 6.04 Å². The minimum absolute atomic E-state index is 0.0746. The molecule has 0 radical (unpaired) electrons. The summed E-state index contributed by atoms with van der Waals surface area (Å²) in [4.78, 5) is 0. The third kappa shape index (κ3) is 1.77.